The summed E-state index contributed by atoms with van der Waals surface area (Å²) in [6.45, 7) is 6.03. The van der Waals surface area contributed by atoms with E-state index in [1.54, 1.807) is 18.9 Å². The quantitative estimate of drug-likeness (QED) is 0.684. The maximum Gasteiger partial charge on any atom is 0.328 e. The van der Waals surface area contributed by atoms with Gasteiger partial charge in [-0.15, -0.1) is 0 Å². The Kier molecular flexibility index (Phi) is 4.97. The number of hydrogen-bond donors (Lipinski definition) is 0. The number of guanidine groups is 1. The van der Waals surface area contributed by atoms with Gasteiger partial charge in [0.15, 0.2) is 12.2 Å². The number of amides is 3. The van der Waals surface area contributed by atoms with Crippen molar-refractivity contribution in [3.63, 3.8) is 0 Å². The van der Waals surface area contributed by atoms with Crippen molar-refractivity contribution >= 4 is 23.9 Å². The number of nitrogens with zero attached hydrogens (tertiary/aromatic N) is 5. The minimum atomic E-state index is -0.659. The van der Waals surface area contributed by atoms with Crippen molar-refractivity contribution < 1.29 is 19.1 Å². The zero-order valence-electron chi connectivity index (χ0n) is 17.5. The smallest absolute Gasteiger partial charge is 0.328 e. The minimum absolute atomic E-state index is 0.00532. The summed E-state index contributed by atoms with van der Waals surface area (Å²) in [6, 6.07) is 8.37. The van der Waals surface area contributed by atoms with Crippen LogP contribution in [0.25, 0.3) is 0 Å². The van der Waals surface area contributed by atoms with Crippen LogP contribution in [0, 0.1) is 0 Å². The van der Waals surface area contributed by atoms with Gasteiger partial charge >= 0.3 is 12.0 Å². The maximum atomic E-state index is 13.4. The average molecular weight is 411 g/mol. The van der Waals surface area contributed by atoms with Gasteiger partial charge in [-0.25, -0.2) is 9.79 Å². The number of carbonyl (C=O) groups excluding carboxylic acids is 3. The molecule has 9 heteroatoms. The monoisotopic (exact) mass is 411 g/mol. The van der Waals surface area contributed by atoms with Crippen LogP contribution in [0.5, 0.6) is 0 Å². The number of fused-ring (bicyclic) bond motifs is 3. The molecule has 9 nitrogen and oxygen atoms in total. The van der Waals surface area contributed by atoms with E-state index in [0.717, 1.165) is 17.0 Å². The molecule has 1 aromatic rings. The zero-order chi connectivity index (χ0) is 21.6. The summed E-state index contributed by atoms with van der Waals surface area (Å²) < 4.78 is 5.08. The number of hydrogen-bond acceptors (Lipinski definition) is 7. The second-order valence-corrected chi connectivity index (χ2v) is 7.52. The molecule has 3 aliphatic heterocycles. The summed E-state index contributed by atoms with van der Waals surface area (Å²) in [5.41, 5.74) is 2.54. The molecule has 30 heavy (non-hydrogen) atoms. The van der Waals surface area contributed by atoms with Crippen LogP contribution < -0.4 is 0 Å². The lowest BCUT2D eigenvalue weighted by Crippen LogP contribution is -2.64. The molecule has 0 spiro atoms. The van der Waals surface area contributed by atoms with Gasteiger partial charge < -0.3 is 14.5 Å². The van der Waals surface area contributed by atoms with Crippen LogP contribution in [0.1, 0.15) is 26.3 Å². The number of carbonyl (C=O) groups is 3. The molecule has 4 rings (SSSR count). The highest BCUT2D eigenvalue weighted by atomic mass is 16.5. The number of urea groups is 1. The highest BCUT2D eigenvalue weighted by Crippen LogP contribution is 2.37. The van der Waals surface area contributed by atoms with Crippen molar-refractivity contribution in [2.24, 2.45) is 4.99 Å². The summed E-state index contributed by atoms with van der Waals surface area (Å²) >= 11 is 0. The largest absolute Gasteiger partial charge is 0.465 e. The van der Waals surface area contributed by atoms with Gasteiger partial charge in [0.2, 0.25) is 5.96 Å². The van der Waals surface area contributed by atoms with Gasteiger partial charge in [-0.05, 0) is 26.3 Å². The first-order valence-electron chi connectivity index (χ1n) is 9.95. The van der Waals surface area contributed by atoms with Crippen LogP contribution in [0.15, 0.2) is 46.7 Å². The molecular formula is C21H25N5O4. The fourth-order valence-electron chi connectivity index (χ4n) is 4.12. The average Bonchev–Trinajstić information content (AvgIpc) is 3.23. The number of allylic oxidation sites excluding steroid dienone is 2. The van der Waals surface area contributed by atoms with E-state index >= 15 is 0 Å². The highest BCUT2D eigenvalue weighted by molar-refractivity contribution is 6.05. The molecule has 1 saturated heterocycles. The Bertz CT molecular complexity index is 957. The fourth-order valence-corrected chi connectivity index (χ4v) is 4.12. The first kappa shape index (κ1) is 19.9. The molecule has 158 valence electrons. The summed E-state index contributed by atoms with van der Waals surface area (Å²) in [7, 11) is 1.65. The molecule has 0 aliphatic carbocycles. The molecule has 2 atom stereocenters. The fraction of sp³-hybridized carbons (Fsp3) is 0.429. The second kappa shape index (κ2) is 7.47. The van der Waals surface area contributed by atoms with Crippen molar-refractivity contribution in [3.05, 3.63) is 47.3 Å². The van der Waals surface area contributed by atoms with Gasteiger partial charge in [-0.3, -0.25) is 19.4 Å². The molecule has 3 aliphatic rings. The van der Waals surface area contributed by atoms with Gasteiger partial charge in [0.25, 0.3) is 5.91 Å². The predicted molar refractivity (Wildman–Crippen MR) is 109 cm³/mol. The number of aliphatic imine (C=N–C) groups is 1. The Morgan fingerprint density at radius 2 is 1.80 bits per heavy atom. The molecular weight excluding hydrogens is 386 g/mol. The van der Waals surface area contributed by atoms with E-state index in [0.29, 0.717) is 12.6 Å². The molecule has 2 unspecified atom stereocenters. The van der Waals surface area contributed by atoms with Crippen LogP contribution in [0.2, 0.25) is 0 Å². The van der Waals surface area contributed by atoms with Crippen molar-refractivity contribution in [1.82, 2.24) is 19.6 Å². The summed E-state index contributed by atoms with van der Waals surface area (Å²) in [4.78, 5) is 49.5. The topological polar surface area (TPSA) is 85.8 Å². The molecule has 1 fully saturated rings. The van der Waals surface area contributed by atoms with Crippen molar-refractivity contribution in [3.8, 4) is 0 Å². The third-order valence-electron chi connectivity index (χ3n) is 5.78. The third kappa shape index (κ3) is 3.01. The van der Waals surface area contributed by atoms with Crippen molar-refractivity contribution in [2.45, 2.75) is 39.5 Å². The van der Waals surface area contributed by atoms with E-state index in [1.165, 1.54) is 9.80 Å². The normalized spacial score (nSPS) is 23.1. The predicted octanol–water partition coefficient (Wildman–Crippen LogP) is 1.58. The van der Waals surface area contributed by atoms with Crippen LogP contribution in [0.3, 0.4) is 0 Å². The lowest BCUT2D eigenvalue weighted by Gasteiger charge is -2.40. The Balaban J connectivity index is 1.64. The van der Waals surface area contributed by atoms with E-state index in [9.17, 15) is 14.4 Å². The number of rotatable bonds is 5. The third-order valence-corrected chi connectivity index (χ3v) is 5.78. The molecule has 0 aromatic heterocycles. The van der Waals surface area contributed by atoms with E-state index in [1.807, 2.05) is 49.1 Å². The molecule has 3 amide bonds. The lowest BCUT2D eigenvalue weighted by atomic mass is 10.1. The lowest BCUT2D eigenvalue weighted by molar-refractivity contribution is -0.143. The molecule has 3 heterocycles. The summed E-state index contributed by atoms with van der Waals surface area (Å²) in [5, 5.41) is 0. The minimum Gasteiger partial charge on any atom is -0.465 e. The number of benzene rings is 1. The first-order valence-corrected chi connectivity index (χ1v) is 9.95. The molecule has 0 radical (unpaired) electrons. The van der Waals surface area contributed by atoms with Crippen LogP contribution >= 0.6 is 0 Å². The number of ether oxygens (including phenoxy) is 1. The molecule has 1 aromatic carbocycles. The van der Waals surface area contributed by atoms with Gasteiger partial charge in [-0.2, -0.15) is 0 Å². The number of esters is 1. The number of likely N-dealkylation sites (N-methyl/N-ethyl adjacent to an activating group) is 1. The second-order valence-electron chi connectivity index (χ2n) is 7.52. The van der Waals surface area contributed by atoms with Crippen LogP contribution in [-0.4, -0.2) is 75.9 Å². The Morgan fingerprint density at radius 1 is 1.10 bits per heavy atom. The van der Waals surface area contributed by atoms with Gasteiger partial charge in [0.05, 0.1) is 13.2 Å². The molecule has 0 saturated carbocycles. The summed E-state index contributed by atoms with van der Waals surface area (Å²) in [5.74, 6) is -0.163. The molecule has 0 N–H and O–H groups in total. The Hall–Kier alpha value is -3.36. The van der Waals surface area contributed by atoms with Gasteiger partial charge in [0, 0.05) is 18.4 Å². The van der Waals surface area contributed by atoms with Crippen LogP contribution in [-0.2, 0) is 20.9 Å². The highest BCUT2D eigenvalue weighted by Gasteiger charge is 2.55. The Labute approximate surface area is 175 Å². The standard InChI is InChI=1S/C21H25N5O4/c1-5-30-16(27)12-24-13(2)14(3)26-17-18(22-20(24)26)23(4)21(29)25(19(17)28)11-15-9-7-6-8-10-15/h6-10,17-18H,5,11-12H2,1-4H3. The van der Waals surface area contributed by atoms with Crippen molar-refractivity contribution in [1.29, 1.82) is 0 Å². The van der Waals surface area contributed by atoms with Crippen molar-refractivity contribution in [2.75, 3.05) is 20.2 Å². The van der Waals surface area contributed by atoms with E-state index in [4.69, 9.17) is 4.74 Å². The Morgan fingerprint density at radius 3 is 2.47 bits per heavy atom. The van der Waals surface area contributed by atoms with Gasteiger partial charge in [-0.1, -0.05) is 30.3 Å². The number of imide groups is 1. The van der Waals surface area contributed by atoms with Crippen LogP contribution in [0.4, 0.5) is 4.79 Å². The van der Waals surface area contributed by atoms with E-state index in [-0.39, 0.29) is 31.0 Å². The first-order chi connectivity index (χ1) is 14.3. The maximum absolute atomic E-state index is 13.4. The zero-order valence-corrected chi connectivity index (χ0v) is 17.5. The van der Waals surface area contributed by atoms with E-state index < -0.39 is 12.2 Å². The SMILES string of the molecule is CCOC(=O)CN1C2=NC3C(C(=O)N(Cc4ccccc4)C(=O)N3C)N2C(C)=C1C. The van der Waals surface area contributed by atoms with Gasteiger partial charge in [0.1, 0.15) is 6.54 Å². The summed E-state index contributed by atoms with van der Waals surface area (Å²) in [6.07, 6.45) is -0.639. The molecule has 0 bridgehead atoms. The van der Waals surface area contributed by atoms with E-state index in [2.05, 4.69) is 4.99 Å².